The number of rotatable bonds is 3. The third-order valence-corrected chi connectivity index (χ3v) is 6.22. The fraction of sp³-hybridized carbons (Fsp3) is 0.231. The SMILES string of the molecule is Cc1cc(N)c(NS(=O)(=O)c2cc(Br)sc2C)cc1C. The van der Waals surface area contributed by atoms with Crippen LogP contribution >= 0.6 is 27.3 Å². The standard InChI is InChI=1S/C13H15BrN2O2S2/c1-7-4-10(15)11(5-8(7)2)16-20(17,18)12-6-13(14)19-9(12)3/h4-6,16H,15H2,1-3H3. The molecule has 0 fully saturated rings. The van der Waals surface area contributed by atoms with Crippen LogP contribution in [0.5, 0.6) is 0 Å². The quantitative estimate of drug-likeness (QED) is 0.802. The van der Waals surface area contributed by atoms with E-state index < -0.39 is 10.0 Å². The molecule has 0 spiro atoms. The highest BCUT2D eigenvalue weighted by molar-refractivity contribution is 9.11. The highest BCUT2D eigenvalue weighted by Crippen LogP contribution is 2.32. The Labute approximate surface area is 131 Å². The Morgan fingerprint density at radius 1 is 1.15 bits per heavy atom. The molecule has 4 nitrogen and oxygen atoms in total. The van der Waals surface area contributed by atoms with Crippen molar-refractivity contribution in [3.05, 3.63) is 38.0 Å². The summed E-state index contributed by atoms with van der Waals surface area (Å²) in [7, 11) is -3.62. The van der Waals surface area contributed by atoms with E-state index in [1.807, 2.05) is 13.8 Å². The predicted molar refractivity (Wildman–Crippen MR) is 87.9 cm³/mol. The van der Waals surface area contributed by atoms with Gasteiger partial charge in [0, 0.05) is 4.88 Å². The van der Waals surface area contributed by atoms with Crippen LogP contribution in [0.15, 0.2) is 26.9 Å². The molecule has 3 N–H and O–H groups in total. The normalized spacial score (nSPS) is 11.6. The molecule has 2 rings (SSSR count). The fourth-order valence-electron chi connectivity index (χ4n) is 1.82. The fourth-order valence-corrected chi connectivity index (χ4v) is 5.32. The van der Waals surface area contributed by atoms with Crippen LogP contribution in [0.25, 0.3) is 0 Å². The zero-order valence-electron chi connectivity index (χ0n) is 11.3. The molecule has 0 radical (unpaired) electrons. The molecular formula is C13H15BrN2O2S2. The number of nitrogens with two attached hydrogens (primary N) is 1. The Hall–Kier alpha value is -1.05. The monoisotopic (exact) mass is 374 g/mol. The summed E-state index contributed by atoms with van der Waals surface area (Å²) in [5.41, 5.74) is 8.73. The van der Waals surface area contributed by atoms with Crippen molar-refractivity contribution >= 4 is 48.7 Å². The molecule has 7 heteroatoms. The third-order valence-electron chi connectivity index (χ3n) is 3.04. The summed E-state index contributed by atoms with van der Waals surface area (Å²) in [5.74, 6) is 0. The molecule has 108 valence electrons. The highest BCUT2D eigenvalue weighted by Gasteiger charge is 2.20. The van der Waals surface area contributed by atoms with Gasteiger partial charge in [-0.2, -0.15) is 0 Å². The van der Waals surface area contributed by atoms with Crippen molar-refractivity contribution in [2.24, 2.45) is 0 Å². The highest BCUT2D eigenvalue weighted by atomic mass is 79.9. The van der Waals surface area contributed by atoms with Crippen LogP contribution < -0.4 is 10.5 Å². The number of nitrogen functional groups attached to an aromatic ring is 1. The number of hydrogen-bond acceptors (Lipinski definition) is 4. The van der Waals surface area contributed by atoms with Crippen molar-refractivity contribution in [1.29, 1.82) is 0 Å². The van der Waals surface area contributed by atoms with Gasteiger partial charge < -0.3 is 5.73 Å². The Bertz CT molecular complexity index is 767. The zero-order chi connectivity index (χ0) is 15.1. The molecule has 1 heterocycles. The lowest BCUT2D eigenvalue weighted by Crippen LogP contribution is -2.14. The summed E-state index contributed by atoms with van der Waals surface area (Å²) < 4.78 is 28.1. The molecule has 0 unspecified atom stereocenters. The maximum Gasteiger partial charge on any atom is 0.263 e. The smallest absolute Gasteiger partial charge is 0.263 e. The second kappa shape index (κ2) is 5.38. The lowest BCUT2D eigenvalue weighted by molar-refractivity contribution is 0.601. The van der Waals surface area contributed by atoms with Crippen LogP contribution in [0.1, 0.15) is 16.0 Å². The number of benzene rings is 1. The molecule has 20 heavy (non-hydrogen) atoms. The molecule has 0 aliphatic rings. The maximum absolute atomic E-state index is 12.4. The van der Waals surface area contributed by atoms with E-state index in [1.54, 1.807) is 25.1 Å². The van der Waals surface area contributed by atoms with E-state index >= 15 is 0 Å². The van der Waals surface area contributed by atoms with Gasteiger partial charge in [0.05, 0.1) is 15.2 Å². The number of sulfonamides is 1. The first-order chi connectivity index (χ1) is 9.20. The van der Waals surface area contributed by atoms with Gasteiger partial charge in [-0.1, -0.05) is 0 Å². The second-order valence-corrected chi connectivity index (χ2v) is 8.89. The molecule has 0 saturated heterocycles. The van der Waals surface area contributed by atoms with Gasteiger partial charge in [0.2, 0.25) is 0 Å². The molecular weight excluding hydrogens is 360 g/mol. The van der Waals surface area contributed by atoms with Crippen LogP contribution in [0.3, 0.4) is 0 Å². The Morgan fingerprint density at radius 3 is 2.30 bits per heavy atom. The summed E-state index contributed by atoms with van der Waals surface area (Å²) in [6.45, 7) is 5.62. The van der Waals surface area contributed by atoms with E-state index in [4.69, 9.17) is 5.73 Å². The lowest BCUT2D eigenvalue weighted by atomic mass is 10.1. The van der Waals surface area contributed by atoms with Crippen LogP contribution in [0.2, 0.25) is 0 Å². The molecule has 0 amide bonds. The van der Waals surface area contributed by atoms with E-state index in [9.17, 15) is 8.42 Å². The van der Waals surface area contributed by atoms with Crippen molar-refractivity contribution in [2.45, 2.75) is 25.7 Å². The van der Waals surface area contributed by atoms with Crippen LogP contribution in [-0.2, 0) is 10.0 Å². The van der Waals surface area contributed by atoms with Gasteiger partial charge in [-0.25, -0.2) is 8.42 Å². The molecule has 0 aliphatic heterocycles. The summed E-state index contributed by atoms with van der Waals surface area (Å²) in [6, 6.07) is 5.11. The topological polar surface area (TPSA) is 72.2 Å². The predicted octanol–water partition coefficient (Wildman–Crippen LogP) is 3.82. The second-order valence-electron chi connectivity index (χ2n) is 4.60. The number of halogens is 1. The van der Waals surface area contributed by atoms with E-state index in [0.717, 1.165) is 19.8 Å². The summed E-state index contributed by atoms with van der Waals surface area (Å²) >= 11 is 4.68. The van der Waals surface area contributed by atoms with Crippen molar-refractivity contribution in [1.82, 2.24) is 0 Å². The van der Waals surface area contributed by atoms with E-state index in [-0.39, 0.29) is 4.90 Å². The molecule has 0 aliphatic carbocycles. The van der Waals surface area contributed by atoms with Crippen LogP contribution in [0, 0.1) is 20.8 Å². The van der Waals surface area contributed by atoms with Crippen LogP contribution in [0.4, 0.5) is 11.4 Å². The van der Waals surface area contributed by atoms with Gasteiger partial charge >= 0.3 is 0 Å². The Kier molecular flexibility index (Phi) is 4.13. The van der Waals surface area contributed by atoms with Gasteiger partial charge in [0.25, 0.3) is 10.0 Å². The summed E-state index contributed by atoms with van der Waals surface area (Å²) in [4.78, 5) is 0.999. The molecule has 0 atom stereocenters. The van der Waals surface area contributed by atoms with Gasteiger partial charge in [-0.05, 0) is 66.0 Å². The number of anilines is 2. The van der Waals surface area contributed by atoms with E-state index in [2.05, 4.69) is 20.7 Å². The molecule has 0 bridgehead atoms. The number of hydrogen-bond donors (Lipinski definition) is 2. The molecule has 2 aromatic rings. The average Bonchev–Trinajstić information content (AvgIpc) is 2.66. The van der Waals surface area contributed by atoms with Crippen molar-refractivity contribution in [3.63, 3.8) is 0 Å². The first kappa shape index (κ1) is 15.3. The minimum absolute atomic E-state index is 0.270. The van der Waals surface area contributed by atoms with Gasteiger partial charge in [0.15, 0.2) is 0 Å². The van der Waals surface area contributed by atoms with E-state index in [1.165, 1.54) is 11.3 Å². The van der Waals surface area contributed by atoms with Crippen LogP contribution in [-0.4, -0.2) is 8.42 Å². The van der Waals surface area contributed by atoms with E-state index in [0.29, 0.717) is 11.4 Å². The van der Waals surface area contributed by atoms with Gasteiger partial charge in [-0.3, -0.25) is 4.72 Å². The van der Waals surface area contributed by atoms with Gasteiger partial charge in [0.1, 0.15) is 4.90 Å². The summed E-state index contributed by atoms with van der Waals surface area (Å²) in [6.07, 6.45) is 0. The first-order valence-corrected chi connectivity index (χ1v) is 8.95. The maximum atomic E-state index is 12.4. The number of thiophene rings is 1. The molecule has 1 aromatic heterocycles. The molecule has 0 saturated carbocycles. The first-order valence-electron chi connectivity index (χ1n) is 5.86. The van der Waals surface area contributed by atoms with Crippen molar-refractivity contribution < 1.29 is 8.42 Å². The minimum atomic E-state index is -3.62. The largest absolute Gasteiger partial charge is 0.397 e. The third kappa shape index (κ3) is 2.99. The summed E-state index contributed by atoms with van der Waals surface area (Å²) in [5, 5.41) is 0. The minimum Gasteiger partial charge on any atom is -0.397 e. The zero-order valence-corrected chi connectivity index (χ0v) is 14.5. The Balaban J connectivity index is 2.43. The van der Waals surface area contributed by atoms with Gasteiger partial charge in [-0.15, -0.1) is 11.3 Å². The number of nitrogens with one attached hydrogen (secondary N) is 1. The average molecular weight is 375 g/mol. The number of aryl methyl sites for hydroxylation is 3. The Morgan fingerprint density at radius 2 is 1.75 bits per heavy atom. The van der Waals surface area contributed by atoms with Crippen molar-refractivity contribution in [2.75, 3.05) is 10.5 Å². The van der Waals surface area contributed by atoms with Crippen molar-refractivity contribution in [3.8, 4) is 0 Å². The lowest BCUT2D eigenvalue weighted by Gasteiger charge is -2.12. The molecule has 1 aromatic carbocycles.